The van der Waals surface area contributed by atoms with Gasteiger partial charge in [0, 0.05) is 30.3 Å². The van der Waals surface area contributed by atoms with Crippen molar-refractivity contribution < 1.29 is 32.5 Å². The van der Waals surface area contributed by atoms with Crippen LogP contribution in [0.4, 0.5) is 18.9 Å². The Morgan fingerprint density at radius 3 is 2.46 bits per heavy atom. The number of rotatable bonds is 12. The Bertz CT molecular complexity index is 608. The third-order valence-corrected chi connectivity index (χ3v) is 4.49. The number of esters is 1. The van der Waals surface area contributed by atoms with E-state index in [0.717, 1.165) is 25.7 Å². The summed E-state index contributed by atoms with van der Waals surface area (Å²) in [6.45, 7) is 6.40. The Balaban J connectivity index is 2.83. The van der Waals surface area contributed by atoms with Crippen LogP contribution in [-0.4, -0.2) is 36.6 Å². The summed E-state index contributed by atoms with van der Waals surface area (Å²) >= 11 is 0. The highest BCUT2D eigenvalue weighted by molar-refractivity contribution is 5.69. The fraction of sp³-hybridized carbons (Fsp3) is 0.650. The summed E-state index contributed by atoms with van der Waals surface area (Å²) in [6.07, 6.45) is -1.19. The van der Waals surface area contributed by atoms with Crippen molar-refractivity contribution in [2.45, 2.75) is 71.9 Å². The number of benzene rings is 1. The second-order valence-electron chi connectivity index (χ2n) is 6.40. The SMILES string of the molecule is CCOC(=O)CCCCC(CC)N(CC)c1ccc(OC(F)(F)F)cc1CO. The summed E-state index contributed by atoms with van der Waals surface area (Å²) in [6, 6.07) is 4.18. The highest BCUT2D eigenvalue weighted by Crippen LogP contribution is 2.31. The first-order valence-corrected chi connectivity index (χ1v) is 9.67. The Kier molecular flexibility index (Phi) is 10.1. The molecule has 5 nitrogen and oxygen atoms in total. The summed E-state index contributed by atoms with van der Waals surface area (Å²) in [7, 11) is 0. The average Bonchev–Trinajstić information content (AvgIpc) is 2.63. The van der Waals surface area contributed by atoms with E-state index in [-0.39, 0.29) is 24.4 Å². The Labute approximate surface area is 164 Å². The van der Waals surface area contributed by atoms with Gasteiger partial charge in [-0.05, 0) is 51.3 Å². The van der Waals surface area contributed by atoms with Gasteiger partial charge in [-0.1, -0.05) is 13.3 Å². The molecule has 0 aliphatic rings. The van der Waals surface area contributed by atoms with Gasteiger partial charge in [0.05, 0.1) is 13.2 Å². The molecule has 1 aromatic carbocycles. The lowest BCUT2D eigenvalue weighted by Gasteiger charge is -2.34. The summed E-state index contributed by atoms with van der Waals surface area (Å²) in [5, 5.41) is 9.65. The summed E-state index contributed by atoms with van der Waals surface area (Å²) in [5.74, 6) is -0.551. The molecule has 160 valence electrons. The quantitative estimate of drug-likeness (QED) is 0.400. The van der Waals surface area contributed by atoms with E-state index in [1.54, 1.807) is 13.0 Å². The lowest BCUT2D eigenvalue weighted by molar-refractivity contribution is -0.274. The maximum atomic E-state index is 12.4. The largest absolute Gasteiger partial charge is 0.573 e. The number of nitrogens with zero attached hydrogens (tertiary/aromatic N) is 1. The van der Waals surface area contributed by atoms with E-state index in [1.165, 1.54) is 12.1 Å². The van der Waals surface area contributed by atoms with E-state index in [1.807, 2.05) is 13.8 Å². The molecule has 0 saturated heterocycles. The van der Waals surface area contributed by atoms with Crippen LogP contribution in [0.5, 0.6) is 5.75 Å². The van der Waals surface area contributed by atoms with Crippen LogP contribution in [0.3, 0.4) is 0 Å². The maximum Gasteiger partial charge on any atom is 0.573 e. The van der Waals surface area contributed by atoms with Crippen molar-refractivity contribution in [1.29, 1.82) is 0 Å². The number of unbranched alkanes of at least 4 members (excludes halogenated alkanes) is 1. The molecule has 28 heavy (non-hydrogen) atoms. The molecule has 0 fully saturated rings. The van der Waals surface area contributed by atoms with E-state index < -0.39 is 6.36 Å². The lowest BCUT2D eigenvalue weighted by Crippen LogP contribution is -2.35. The number of aliphatic hydroxyl groups is 1. The van der Waals surface area contributed by atoms with Crippen LogP contribution < -0.4 is 9.64 Å². The van der Waals surface area contributed by atoms with Crippen molar-refractivity contribution in [3.8, 4) is 5.75 Å². The molecular weight excluding hydrogens is 375 g/mol. The molecule has 0 heterocycles. The molecule has 0 aromatic heterocycles. The normalized spacial score (nSPS) is 12.5. The molecule has 0 aliphatic carbocycles. The standard InChI is InChI=1S/C20H30F3NO4/c1-4-16(9-7-8-10-19(26)27-6-3)24(5-2)18-12-11-17(13-15(18)14-25)28-20(21,22)23/h11-13,16,25H,4-10,14H2,1-3H3. The molecule has 0 amide bonds. The third-order valence-electron chi connectivity index (χ3n) is 4.49. The molecule has 8 heteroatoms. The molecular formula is C20H30F3NO4. The van der Waals surface area contributed by atoms with Gasteiger partial charge in [-0.15, -0.1) is 13.2 Å². The number of carbonyl (C=O) groups excluding carboxylic acids is 1. The van der Waals surface area contributed by atoms with Crippen molar-refractivity contribution in [3.63, 3.8) is 0 Å². The predicted octanol–water partition coefficient (Wildman–Crippen LogP) is 4.81. The van der Waals surface area contributed by atoms with Gasteiger partial charge in [0.2, 0.25) is 0 Å². The van der Waals surface area contributed by atoms with Crippen LogP contribution >= 0.6 is 0 Å². The van der Waals surface area contributed by atoms with E-state index >= 15 is 0 Å². The minimum Gasteiger partial charge on any atom is -0.466 e. The first-order valence-electron chi connectivity index (χ1n) is 9.67. The van der Waals surface area contributed by atoms with Gasteiger partial charge in [-0.2, -0.15) is 0 Å². The zero-order valence-corrected chi connectivity index (χ0v) is 16.7. The summed E-state index contributed by atoms with van der Waals surface area (Å²) in [5.41, 5.74) is 1.07. The van der Waals surface area contributed by atoms with E-state index in [4.69, 9.17) is 4.74 Å². The molecule has 0 saturated carbocycles. The Hall–Kier alpha value is -1.96. The van der Waals surface area contributed by atoms with Gasteiger partial charge in [-0.3, -0.25) is 4.79 Å². The van der Waals surface area contributed by atoms with Gasteiger partial charge < -0.3 is 19.5 Å². The zero-order valence-electron chi connectivity index (χ0n) is 16.7. The number of carbonyl (C=O) groups is 1. The monoisotopic (exact) mass is 405 g/mol. The molecule has 1 rings (SSSR count). The number of alkyl halides is 3. The van der Waals surface area contributed by atoms with Gasteiger partial charge in [-0.25, -0.2) is 0 Å². The van der Waals surface area contributed by atoms with Crippen molar-refractivity contribution in [2.24, 2.45) is 0 Å². The molecule has 0 bridgehead atoms. The van der Waals surface area contributed by atoms with E-state index in [2.05, 4.69) is 9.64 Å². The molecule has 0 spiro atoms. The first-order chi connectivity index (χ1) is 13.3. The Morgan fingerprint density at radius 1 is 1.21 bits per heavy atom. The molecule has 1 unspecified atom stereocenters. The minimum atomic E-state index is -4.77. The van der Waals surface area contributed by atoms with Crippen LogP contribution in [0, 0.1) is 0 Å². The number of hydrogen-bond acceptors (Lipinski definition) is 5. The van der Waals surface area contributed by atoms with Gasteiger partial charge in [0.1, 0.15) is 5.75 Å². The topological polar surface area (TPSA) is 59.0 Å². The highest BCUT2D eigenvalue weighted by atomic mass is 19.4. The number of anilines is 1. The van der Waals surface area contributed by atoms with Crippen LogP contribution in [0.2, 0.25) is 0 Å². The van der Waals surface area contributed by atoms with Crippen molar-refractivity contribution in [1.82, 2.24) is 0 Å². The highest BCUT2D eigenvalue weighted by Gasteiger charge is 2.31. The predicted molar refractivity (Wildman–Crippen MR) is 101 cm³/mol. The molecule has 1 atom stereocenters. The maximum absolute atomic E-state index is 12.4. The molecule has 0 radical (unpaired) electrons. The number of hydrogen-bond donors (Lipinski definition) is 1. The average molecular weight is 405 g/mol. The molecule has 0 aliphatic heterocycles. The summed E-state index contributed by atoms with van der Waals surface area (Å²) in [4.78, 5) is 13.5. The van der Waals surface area contributed by atoms with Gasteiger partial charge in [0.15, 0.2) is 0 Å². The number of halogens is 3. The van der Waals surface area contributed by atoms with Gasteiger partial charge >= 0.3 is 12.3 Å². The fourth-order valence-corrected chi connectivity index (χ4v) is 3.25. The smallest absolute Gasteiger partial charge is 0.466 e. The van der Waals surface area contributed by atoms with Gasteiger partial charge in [0.25, 0.3) is 0 Å². The van der Waals surface area contributed by atoms with Crippen LogP contribution in [0.25, 0.3) is 0 Å². The molecule has 1 N–H and O–H groups in total. The third kappa shape index (κ3) is 7.96. The fourth-order valence-electron chi connectivity index (χ4n) is 3.25. The minimum absolute atomic E-state index is 0.145. The molecule has 1 aromatic rings. The second-order valence-corrected chi connectivity index (χ2v) is 6.40. The lowest BCUT2D eigenvalue weighted by atomic mass is 10.0. The zero-order chi connectivity index (χ0) is 21.2. The Morgan fingerprint density at radius 2 is 1.93 bits per heavy atom. The van der Waals surface area contributed by atoms with Crippen molar-refractivity contribution in [3.05, 3.63) is 23.8 Å². The van der Waals surface area contributed by atoms with Crippen LogP contribution in [-0.2, 0) is 16.1 Å². The number of ether oxygens (including phenoxy) is 2. The van der Waals surface area contributed by atoms with E-state index in [9.17, 15) is 23.1 Å². The van der Waals surface area contributed by atoms with E-state index in [0.29, 0.717) is 30.8 Å². The second kappa shape index (κ2) is 11.8. The van der Waals surface area contributed by atoms with Crippen molar-refractivity contribution >= 4 is 11.7 Å². The van der Waals surface area contributed by atoms with Crippen molar-refractivity contribution in [2.75, 3.05) is 18.1 Å². The van der Waals surface area contributed by atoms with Crippen LogP contribution in [0.1, 0.15) is 58.4 Å². The summed E-state index contributed by atoms with van der Waals surface area (Å²) < 4.78 is 46.2. The first kappa shape index (κ1) is 24.1. The number of aliphatic hydroxyl groups excluding tert-OH is 1. The van der Waals surface area contributed by atoms with Crippen LogP contribution in [0.15, 0.2) is 18.2 Å².